The molecule has 2 heterocycles. The molecule has 2 aromatic carbocycles. The van der Waals surface area contributed by atoms with E-state index in [9.17, 15) is 18.0 Å². The molecule has 0 aromatic heterocycles. The fourth-order valence-corrected chi connectivity index (χ4v) is 7.73. The van der Waals surface area contributed by atoms with Crippen LogP contribution < -0.4 is 0 Å². The van der Waals surface area contributed by atoms with Gasteiger partial charge in [-0.3, -0.25) is 9.59 Å². The van der Waals surface area contributed by atoms with E-state index in [1.807, 2.05) is 47.2 Å². The molecular weight excluding hydrogens is 534 g/mol. The maximum atomic E-state index is 13.7. The zero-order valence-electron chi connectivity index (χ0n) is 24.6. The number of nitrogens with zero attached hydrogens (tertiary/aromatic N) is 3. The molecule has 222 valence electrons. The molecule has 3 fully saturated rings. The van der Waals surface area contributed by atoms with Crippen LogP contribution in [0.15, 0.2) is 59.5 Å². The number of carbonyl (C=O) groups excluding carboxylic acids is 2. The van der Waals surface area contributed by atoms with Gasteiger partial charge < -0.3 is 14.7 Å². The van der Waals surface area contributed by atoms with Gasteiger partial charge in [-0.25, -0.2) is 8.42 Å². The lowest BCUT2D eigenvalue weighted by atomic mass is 9.77. The van der Waals surface area contributed by atoms with E-state index in [0.29, 0.717) is 17.5 Å². The van der Waals surface area contributed by atoms with Gasteiger partial charge in [-0.15, -0.1) is 0 Å². The van der Waals surface area contributed by atoms with Gasteiger partial charge in [0.2, 0.25) is 11.8 Å². The number of likely N-dealkylation sites (tertiary alicyclic amines) is 2. The van der Waals surface area contributed by atoms with Gasteiger partial charge in [0.15, 0.2) is 9.84 Å². The van der Waals surface area contributed by atoms with Crippen molar-refractivity contribution >= 4 is 21.7 Å². The first-order valence-electron chi connectivity index (χ1n) is 15.3. The Kier molecular flexibility index (Phi) is 9.19. The van der Waals surface area contributed by atoms with Crippen LogP contribution in [0.4, 0.5) is 0 Å². The molecule has 0 radical (unpaired) electrons. The highest BCUT2D eigenvalue weighted by Crippen LogP contribution is 2.42. The lowest BCUT2D eigenvalue weighted by molar-refractivity contribution is -0.138. The van der Waals surface area contributed by atoms with Gasteiger partial charge in [-0.05, 0) is 81.4 Å². The Balaban J connectivity index is 1.16. The number of amides is 2. The molecule has 0 N–H and O–H groups in total. The van der Waals surface area contributed by atoms with Gasteiger partial charge in [0.25, 0.3) is 0 Å². The van der Waals surface area contributed by atoms with Crippen molar-refractivity contribution in [3.05, 3.63) is 65.7 Å². The van der Waals surface area contributed by atoms with Crippen molar-refractivity contribution in [2.45, 2.75) is 81.2 Å². The highest BCUT2D eigenvalue weighted by Gasteiger charge is 2.48. The van der Waals surface area contributed by atoms with Crippen molar-refractivity contribution in [1.82, 2.24) is 14.7 Å². The lowest BCUT2D eigenvalue weighted by Gasteiger charge is -2.39. The molecule has 1 aliphatic carbocycles. The second-order valence-corrected chi connectivity index (χ2v) is 14.5. The van der Waals surface area contributed by atoms with Gasteiger partial charge in [0.05, 0.1) is 16.2 Å². The predicted octanol–water partition coefficient (Wildman–Crippen LogP) is 4.87. The van der Waals surface area contributed by atoms with Crippen LogP contribution >= 0.6 is 0 Å². The molecule has 5 rings (SSSR count). The summed E-state index contributed by atoms with van der Waals surface area (Å²) in [5.74, 6) is 0.329. The topological polar surface area (TPSA) is 78.0 Å². The Hall–Kier alpha value is -2.71. The van der Waals surface area contributed by atoms with Crippen molar-refractivity contribution in [3.8, 4) is 0 Å². The average molecular weight is 580 g/mol. The van der Waals surface area contributed by atoms with Gasteiger partial charge >= 0.3 is 0 Å². The van der Waals surface area contributed by atoms with Crippen LogP contribution in [0.3, 0.4) is 0 Å². The Morgan fingerprint density at radius 2 is 1.59 bits per heavy atom. The van der Waals surface area contributed by atoms with Crippen LogP contribution in [-0.4, -0.2) is 80.5 Å². The van der Waals surface area contributed by atoms with Gasteiger partial charge in [0.1, 0.15) is 0 Å². The number of carbonyl (C=O) groups is 2. The van der Waals surface area contributed by atoms with Crippen molar-refractivity contribution in [3.63, 3.8) is 0 Å². The number of hydrogen-bond donors (Lipinski definition) is 0. The number of hydrogen-bond acceptors (Lipinski definition) is 5. The minimum Gasteiger partial charge on any atom is -0.342 e. The number of rotatable bonds is 9. The van der Waals surface area contributed by atoms with E-state index in [0.717, 1.165) is 75.8 Å². The zero-order chi connectivity index (χ0) is 29.0. The molecule has 1 atom stereocenters. The Morgan fingerprint density at radius 3 is 2.22 bits per heavy atom. The molecule has 1 spiro atoms. The van der Waals surface area contributed by atoms with Crippen molar-refractivity contribution in [2.24, 2.45) is 5.41 Å². The molecular formula is C33H45N3O4S. The monoisotopic (exact) mass is 579 g/mol. The first-order valence-corrected chi connectivity index (χ1v) is 17.2. The van der Waals surface area contributed by atoms with E-state index in [1.165, 1.54) is 25.5 Å². The predicted molar refractivity (Wildman–Crippen MR) is 161 cm³/mol. The summed E-state index contributed by atoms with van der Waals surface area (Å²) in [6.45, 7) is 3.85. The van der Waals surface area contributed by atoms with Crippen molar-refractivity contribution in [1.29, 1.82) is 0 Å². The zero-order valence-corrected chi connectivity index (χ0v) is 25.4. The van der Waals surface area contributed by atoms with Gasteiger partial charge in [-0.1, -0.05) is 61.7 Å². The SMILES string of the molecule is CN(C(=O)C(CCN1CCC2(CC1)CCN(Cc1ccc(S(C)(=O)=O)cc1)C2=O)c1ccccc1)C1CCCCC1. The second-order valence-electron chi connectivity index (χ2n) is 12.5. The molecule has 1 unspecified atom stereocenters. The summed E-state index contributed by atoms with van der Waals surface area (Å²) in [5.41, 5.74) is 1.76. The third kappa shape index (κ3) is 6.86. The van der Waals surface area contributed by atoms with Crippen LogP contribution in [0.5, 0.6) is 0 Å². The summed E-state index contributed by atoms with van der Waals surface area (Å²) in [5, 5.41) is 0. The van der Waals surface area contributed by atoms with E-state index in [2.05, 4.69) is 17.0 Å². The molecule has 3 aliphatic rings. The lowest BCUT2D eigenvalue weighted by Crippen LogP contribution is -2.45. The number of piperidine rings is 1. The average Bonchev–Trinajstić information content (AvgIpc) is 3.28. The summed E-state index contributed by atoms with van der Waals surface area (Å²) >= 11 is 0. The molecule has 2 aromatic rings. The molecule has 1 saturated carbocycles. The van der Waals surface area contributed by atoms with Crippen LogP contribution in [0.25, 0.3) is 0 Å². The van der Waals surface area contributed by atoms with Crippen LogP contribution in [0.1, 0.15) is 74.8 Å². The normalized spacial score (nSPS) is 20.8. The Bertz CT molecular complexity index is 1300. The first-order chi connectivity index (χ1) is 19.7. The van der Waals surface area contributed by atoms with E-state index >= 15 is 0 Å². The van der Waals surface area contributed by atoms with Crippen molar-refractivity contribution < 1.29 is 18.0 Å². The fraction of sp³-hybridized carbons (Fsp3) is 0.576. The fourth-order valence-electron chi connectivity index (χ4n) is 7.10. The van der Waals surface area contributed by atoms with Crippen LogP contribution in [0.2, 0.25) is 0 Å². The highest BCUT2D eigenvalue weighted by atomic mass is 32.2. The molecule has 2 aliphatic heterocycles. The molecule has 7 nitrogen and oxygen atoms in total. The first kappa shape index (κ1) is 29.8. The highest BCUT2D eigenvalue weighted by molar-refractivity contribution is 7.90. The molecule has 41 heavy (non-hydrogen) atoms. The summed E-state index contributed by atoms with van der Waals surface area (Å²) in [6.07, 6.45) is 10.5. The molecule has 2 amide bonds. The maximum Gasteiger partial charge on any atom is 0.230 e. The van der Waals surface area contributed by atoms with Crippen LogP contribution in [-0.2, 0) is 26.0 Å². The number of likely N-dealkylation sites (N-methyl/N-ethyl adjacent to an activating group) is 1. The van der Waals surface area contributed by atoms with E-state index in [-0.39, 0.29) is 23.1 Å². The van der Waals surface area contributed by atoms with E-state index in [1.54, 1.807) is 12.1 Å². The van der Waals surface area contributed by atoms with E-state index in [4.69, 9.17) is 0 Å². The molecule has 2 saturated heterocycles. The summed E-state index contributed by atoms with van der Waals surface area (Å²) in [6, 6.07) is 17.5. The third-order valence-corrected chi connectivity index (χ3v) is 11.0. The second kappa shape index (κ2) is 12.7. The number of sulfone groups is 1. The number of benzene rings is 2. The standard InChI is InChI=1S/C33H45N3O4S/c1-34(28-11-7-4-8-12-28)31(37)30(27-9-5-3-6-10-27)17-21-35-22-18-33(19-23-35)20-24-36(32(33)38)25-26-13-15-29(16-14-26)41(2,39)40/h3,5-6,9-10,13-16,28,30H,4,7-8,11-12,17-25H2,1-2H3. The minimum atomic E-state index is -3.23. The summed E-state index contributed by atoms with van der Waals surface area (Å²) < 4.78 is 23.5. The Labute approximate surface area is 245 Å². The molecule has 0 bridgehead atoms. The molecule has 8 heteroatoms. The summed E-state index contributed by atoms with van der Waals surface area (Å²) in [4.78, 5) is 34.0. The van der Waals surface area contributed by atoms with Crippen LogP contribution in [0, 0.1) is 5.41 Å². The van der Waals surface area contributed by atoms with Gasteiger partial charge in [-0.2, -0.15) is 0 Å². The van der Waals surface area contributed by atoms with E-state index < -0.39 is 9.84 Å². The smallest absolute Gasteiger partial charge is 0.230 e. The largest absolute Gasteiger partial charge is 0.342 e. The minimum absolute atomic E-state index is 0.142. The maximum absolute atomic E-state index is 13.7. The van der Waals surface area contributed by atoms with Gasteiger partial charge in [0, 0.05) is 32.4 Å². The Morgan fingerprint density at radius 1 is 0.951 bits per heavy atom. The summed E-state index contributed by atoms with van der Waals surface area (Å²) in [7, 11) is -1.24. The quantitative estimate of drug-likeness (QED) is 0.424. The third-order valence-electron chi connectivity index (χ3n) is 9.84. The van der Waals surface area contributed by atoms with Crippen molar-refractivity contribution in [2.75, 3.05) is 39.5 Å².